The van der Waals surface area contributed by atoms with E-state index in [1.165, 1.54) is 11.8 Å². The fourth-order valence-electron chi connectivity index (χ4n) is 5.56. The van der Waals surface area contributed by atoms with Crippen molar-refractivity contribution in [2.45, 2.75) is 30.1 Å². The van der Waals surface area contributed by atoms with Crippen LogP contribution in [0.2, 0.25) is 0 Å². The molecule has 236 valence electrons. The summed E-state index contributed by atoms with van der Waals surface area (Å²) < 4.78 is 14.2. The molecule has 0 bridgehead atoms. The molecule has 0 N–H and O–H groups in total. The molecule has 3 aliphatic heterocycles. The largest absolute Gasteiger partial charge is 0.379 e. The number of hydrogen-bond donors (Lipinski definition) is 0. The van der Waals surface area contributed by atoms with Crippen LogP contribution in [0.1, 0.15) is 22.3 Å². The minimum Gasteiger partial charge on any atom is -0.379 e. The van der Waals surface area contributed by atoms with Crippen LogP contribution in [0, 0.1) is 0 Å². The van der Waals surface area contributed by atoms with Gasteiger partial charge >= 0.3 is 0 Å². The Morgan fingerprint density at radius 2 is 1.07 bits per heavy atom. The lowest BCUT2D eigenvalue weighted by atomic mass is 10.2. The van der Waals surface area contributed by atoms with E-state index in [2.05, 4.69) is 9.80 Å². The topological polar surface area (TPSA) is 119 Å². The molecule has 2 fully saturated rings. The molecule has 46 heavy (non-hydrogen) atoms. The molecule has 2 aromatic heterocycles. The fraction of sp³-hybridized carbons (Fsp3) is 0.333. The molecule has 3 aliphatic rings. The van der Waals surface area contributed by atoms with Gasteiger partial charge in [-0.15, -0.1) is 0 Å². The highest BCUT2D eigenvalue weighted by molar-refractivity contribution is 7.99. The van der Waals surface area contributed by atoms with Gasteiger partial charge in [-0.2, -0.15) is 0 Å². The van der Waals surface area contributed by atoms with Gasteiger partial charge in [-0.25, -0.2) is 20.0 Å². The van der Waals surface area contributed by atoms with Gasteiger partial charge in [0.15, 0.2) is 21.9 Å². The average Bonchev–Trinajstić information content (AvgIpc) is 3.10. The molecule has 13 heteroatoms. The summed E-state index contributed by atoms with van der Waals surface area (Å²) in [7, 11) is 0. The zero-order valence-corrected chi connectivity index (χ0v) is 26.1. The van der Waals surface area contributed by atoms with Gasteiger partial charge in [0.05, 0.1) is 37.6 Å². The number of aliphatic imine (C=N–C) groups is 2. The van der Waals surface area contributed by atoms with Crippen LogP contribution in [-0.2, 0) is 29.2 Å². The maximum atomic E-state index is 14.2. The maximum Gasteiger partial charge on any atom is 0.262 e. The van der Waals surface area contributed by atoms with E-state index in [0.717, 1.165) is 11.1 Å². The SMILES string of the molecule is O=c1c(CN2CCOCC2)c(N=Cc2ccccc2)nc2n1Cn1c(nc(N=Cc3ccccc3)c(CN3CCOCC3)c1=O)S2. The van der Waals surface area contributed by atoms with Crippen molar-refractivity contribution in [1.82, 2.24) is 28.9 Å². The molecule has 0 unspecified atom stereocenters. The zero-order valence-electron chi connectivity index (χ0n) is 25.3. The van der Waals surface area contributed by atoms with Gasteiger partial charge in [0.1, 0.15) is 6.67 Å². The molecule has 0 aliphatic carbocycles. The van der Waals surface area contributed by atoms with Crippen LogP contribution in [0.4, 0.5) is 11.6 Å². The lowest BCUT2D eigenvalue weighted by molar-refractivity contribution is 0.0339. The molecule has 5 heterocycles. The van der Waals surface area contributed by atoms with Gasteiger partial charge in [0.25, 0.3) is 11.1 Å². The van der Waals surface area contributed by atoms with Crippen molar-refractivity contribution >= 4 is 35.8 Å². The van der Waals surface area contributed by atoms with Gasteiger partial charge in [-0.1, -0.05) is 60.7 Å². The second-order valence-corrected chi connectivity index (χ2v) is 12.2. The second kappa shape index (κ2) is 14.0. The van der Waals surface area contributed by atoms with E-state index in [-0.39, 0.29) is 17.8 Å². The quantitative estimate of drug-likeness (QED) is 0.187. The predicted octanol–water partition coefficient (Wildman–Crippen LogP) is 2.94. The lowest BCUT2D eigenvalue weighted by Crippen LogP contribution is -2.42. The molecule has 0 radical (unpaired) electrons. The molecular weight excluding hydrogens is 604 g/mol. The standard InChI is InChI=1S/C33H34N8O4S/c42-30-26(21-38-11-15-44-16-12-38)28(34-19-24-7-3-1-4-8-24)36-32-40(30)23-41-31(43)27(22-39-13-17-45-18-14-39)29(37-33(41)46-32)35-20-25-9-5-2-6-10-25/h1-10,19-20H,11-18,21-23H2. The van der Waals surface area contributed by atoms with Gasteiger partial charge in [-0.05, 0) is 22.9 Å². The number of rotatable bonds is 8. The number of benzene rings is 2. The third-order valence-corrected chi connectivity index (χ3v) is 9.11. The van der Waals surface area contributed by atoms with E-state index in [0.29, 0.717) is 98.8 Å². The molecule has 2 aromatic carbocycles. The van der Waals surface area contributed by atoms with Crippen molar-refractivity contribution in [3.63, 3.8) is 0 Å². The first-order valence-corrected chi connectivity index (χ1v) is 16.2. The minimum absolute atomic E-state index is 0.00686. The molecule has 0 saturated carbocycles. The van der Waals surface area contributed by atoms with E-state index >= 15 is 0 Å². The van der Waals surface area contributed by atoms with Gasteiger partial charge in [0, 0.05) is 51.7 Å². The summed E-state index contributed by atoms with van der Waals surface area (Å²) in [5.41, 5.74) is 2.34. The number of fused-ring (bicyclic) bond motifs is 2. The molecular formula is C33H34N8O4S. The molecule has 7 rings (SSSR count). The van der Waals surface area contributed by atoms with Crippen molar-refractivity contribution in [2.24, 2.45) is 9.98 Å². The predicted molar refractivity (Wildman–Crippen MR) is 176 cm³/mol. The molecule has 0 amide bonds. The third kappa shape index (κ3) is 6.78. The number of hydrogen-bond acceptors (Lipinski definition) is 11. The van der Waals surface area contributed by atoms with Crippen LogP contribution in [0.25, 0.3) is 0 Å². The Bertz CT molecular complexity index is 1730. The van der Waals surface area contributed by atoms with Gasteiger partial charge in [0.2, 0.25) is 0 Å². The summed E-state index contributed by atoms with van der Waals surface area (Å²) in [4.78, 5) is 51.8. The zero-order chi connectivity index (χ0) is 31.3. The molecule has 12 nitrogen and oxygen atoms in total. The number of ether oxygens (including phenoxy) is 2. The van der Waals surface area contributed by atoms with Crippen molar-refractivity contribution in [3.8, 4) is 0 Å². The maximum absolute atomic E-state index is 14.2. The van der Waals surface area contributed by atoms with Crippen LogP contribution < -0.4 is 11.1 Å². The second-order valence-electron chi connectivity index (χ2n) is 11.2. The van der Waals surface area contributed by atoms with E-state index in [1.807, 2.05) is 60.7 Å². The number of morpholine rings is 2. The van der Waals surface area contributed by atoms with Crippen LogP contribution >= 0.6 is 11.8 Å². The Balaban J connectivity index is 1.29. The van der Waals surface area contributed by atoms with Crippen LogP contribution in [0.3, 0.4) is 0 Å². The van der Waals surface area contributed by atoms with Gasteiger partial charge in [-0.3, -0.25) is 28.5 Å². The van der Waals surface area contributed by atoms with E-state index in [4.69, 9.17) is 29.4 Å². The summed E-state index contributed by atoms with van der Waals surface area (Å²) in [5.74, 6) is 0.724. The molecule has 0 spiro atoms. The average molecular weight is 639 g/mol. The fourth-order valence-corrected chi connectivity index (χ4v) is 6.49. The van der Waals surface area contributed by atoms with Gasteiger partial charge < -0.3 is 9.47 Å². The summed E-state index contributed by atoms with van der Waals surface area (Å²) >= 11 is 1.18. The molecule has 4 aromatic rings. The van der Waals surface area contributed by atoms with Crippen molar-refractivity contribution in [1.29, 1.82) is 0 Å². The summed E-state index contributed by atoms with van der Waals surface area (Å²) in [5, 5.41) is 0.864. The van der Waals surface area contributed by atoms with Crippen molar-refractivity contribution in [2.75, 3.05) is 52.6 Å². The Morgan fingerprint density at radius 1 is 0.652 bits per heavy atom. The van der Waals surface area contributed by atoms with Crippen LogP contribution in [0.15, 0.2) is 90.6 Å². The normalized spacial score (nSPS) is 17.4. The Morgan fingerprint density at radius 3 is 1.48 bits per heavy atom. The molecule has 0 atom stereocenters. The Kier molecular flexibility index (Phi) is 9.26. The van der Waals surface area contributed by atoms with Crippen LogP contribution in [-0.4, -0.2) is 93.9 Å². The first kappa shape index (κ1) is 30.4. The van der Waals surface area contributed by atoms with E-state index in [1.54, 1.807) is 21.6 Å². The van der Waals surface area contributed by atoms with Crippen molar-refractivity contribution < 1.29 is 9.47 Å². The first-order chi connectivity index (χ1) is 22.6. The van der Waals surface area contributed by atoms with E-state index in [9.17, 15) is 9.59 Å². The van der Waals surface area contributed by atoms with Crippen LogP contribution in [0.5, 0.6) is 0 Å². The monoisotopic (exact) mass is 638 g/mol. The smallest absolute Gasteiger partial charge is 0.262 e. The summed E-state index contributed by atoms with van der Waals surface area (Å²) in [6.45, 7) is 6.04. The highest BCUT2D eigenvalue weighted by Gasteiger charge is 2.28. The summed E-state index contributed by atoms with van der Waals surface area (Å²) in [6, 6.07) is 19.4. The first-order valence-electron chi connectivity index (χ1n) is 15.4. The van der Waals surface area contributed by atoms with Crippen molar-refractivity contribution in [3.05, 3.63) is 104 Å². The highest BCUT2D eigenvalue weighted by Crippen LogP contribution is 2.32. The minimum atomic E-state index is -0.220. The third-order valence-electron chi connectivity index (χ3n) is 8.12. The Labute approximate surface area is 270 Å². The lowest BCUT2D eigenvalue weighted by Gasteiger charge is -2.29. The highest BCUT2D eigenvalue weighted by atomic mass is 32.2. The number of nitrogens with zero attached hydrogens (tertiary/aromatic N) is 8. The Hall–Kier alpha value is -4.27. The van der Waals surface area contributed by atoms with E-state index < -0.39 is 0 Å². The number of aromatic nitrogens is 4. The molecule has 2 saturated heterocycles. The summed E-state index contributed by atoms with van der Waals surface area (Å²) in [6.07, 6.45) is 3.44.